The number of benzene rings is 1. The van der Waals surface area contributed by atoms with E-state index in [9.17, 15) is 0 Å². The molecule has 1 fully saturated rings. The summed E-state index contributed by atoms with van der Waals surface area (Å²) in [6, 6.07) is 10.8. The second-order valence-electron chi connectivity index (χ2n) is 5.69. The number of nitrogens with zero attached hydrogens (tertiary/aromatic N) is 2. The minimum Gasteiger partial charge on any atom is -0.371 e. The molecule has 2 aromatic rings. The summed E-state index contributed by atoms with van der Waals surface area (Å²) in [7, 11) is 1.97. The van der Waals surface area contributed by atoms with E-state index in [4.69, 9.17) is 4.98 Å². The average Bonchev–Trinajstić information content (AvgIpc) is 2.95. The Kier molecular flexibility index (Phi) is 3.88. The van der Waals surface area contributed by atoms with Gasteiger partial charge >= 0.3 is 0 Å². The molecule has 3 rings (SSSR count). The number of pyridine rings is 1. The van der Waals surface area contributed by atoms with Crippen LogP contribution in [-0.2, 0) is 6.54 Å². The standard InChI is InChI=1S/C17H23N3/c1-3-13-8-9-20(12-13)17-10-14(11-18-2)19-16-7-5-4-6-15(16)17/h4-7,10,13,18H,3,8-9,11-12H2,1-2H3. The van der Waals surface area contributed by atoms with Gasteiger partial charge in [-0.05, 0) is 31.5 Å². The molecule has 1 saturated heterocycles. The van der Waals surface area contributed by atoms with Crippen molar-refractivity contribution in [3.63, 3.8) is 0 Å². The molecule has 2 heterocycles. The molecular weight excluding hydrogens is 246 g/mol. The number of fused-ring (bicyclic) bond motifs is 1. The van der Waals surface area contributed by atoms with E-state index in [0.717, 1.165) is 23.7 Å². The first-order valence-electron chi connectivity index (χ1n) is 7.60. The second-order valence-corrected chi connectivity index (χ2v) is 5.69. The maximum Gasteiger partial charge on any atom is 0.0726 e. The molecular formula is C17H23N3. The fourth-order valence-corrected chi connectivity index (χ4v) is 3.13. The molecule has 1 aliphatic heterocycles. The summed E-state index contributed by atoms with van der Waals surface area (Å²) in [4.78, 5) is 7.29. The molecule has 1 aromatic heterocycles. The lowest BCUT2D eigenvalue weighted by atomic mass is 10.1. The van der Waals surface area contributed by atoms with Crippen LogP contribution in [0.5, 0.6) is 0 Å². The van der Waals surface area contributed by atoms with E-state index < -0.39 is 0 Å². The summed E-state index contributed by atoms with van der Waals surface area (Å²) >= 11 is 0. The number of para-hydroxylation sites is 1. The minimum atomic E-state index is 0.822. The van der Waals surface area contributed by atoms with Crippen molar-refractivity contribution >= 4 is 16.6 Å². The third-order valence-electron chi connectivity index (χ3n) is 4.31. The van der Waals surface area contributed by atoms with Gasteiger partial charge in [0, 0.05) is 30.7 Å². The zero-order valence-corrected chi connectivity index (χ0v) is 12.4. The molecule has 3 nitrogen and oxygen atoms in total. The number of hydrogen-bond donors (Lipinski definition) is 1. The lowest BCUT2D eigenvalue weighted by Gasteiger charge is -2.21. The highest BCUT2D eigenvalue weighted by Crippen LogP contribution is 2.31. The van der Waals surface area contributed by atoms with Crippen LogP contribution in [-0.4, -0.2) is 25.1 Å². The molecule has 0 radical (unpaired) electrons. The van der Waals surface area contributed by atoms with Crippen molar-refractivity contribution in [1.29, 1.82) is 0 Å². The fourth-order valence-electron chi connectivity index (χ4n) is 3.13. The molecule has 1 atom stereocenters. The van der Waals surface area contributed by atoms with Gasteiger partial charge in [0.05, 0.1) is 11.2 Å². The van der Waals surface area contributed by atoms with Gasteiger partial charge in [-0.25, -0.2) is 0 Å². The van der Waals surface area contributed by atoms with Crippen molar-refractivity contribution in [3.05, 3.63) is 36.0 Å². The first-order chi connectivity index (χ1) is 9.81. The Morgan fingerprint density at radius 3 is 2.95 bits per heavy atom. The van der Waals surface area contributed by atoms with Crippen LogP contribution in [0.15, 0.2) is 30.3 Å². The van der Waals surface area contributed by atoms with Gasteiger partial charge in [-0.2, -0.15) is 0 Å². The summed E-state index contributed by atoms with van der Waals surface area (Å²) in [6.07, 6.45) is 2.59. The van der Waals surface area contributed by atoms with Gasteiger partial charge < -0.3 is 10.2 Å². The van der Waals surface area contributed by atoms with E-state index in [0.29, 0.717) is 0 Å². The van der Waals surface area contributed by atoms with Crippen LogP contribution in [0.25, 0.3) is 10.9 Å². The highest BCUT2D eigenvalue weighted by molar-refractivity contribution is 5.92. The fraction of sp³-hybridized carbons (Fsp3) is 0.471. The van der Waals surface area contributed by atoms with E-state index in [-0.39, 0.29) is 0 Å². The zero-order chi connectivity index (χ0) is 13.9. The normalized spacial score (nSPS) is 18.9. The van der Waals surface area contributed by atoms with E-state index in [1.807, 2.05) is 7.05 Å². The molecule has 106 valence electrons. The third-order valence-corrected chi connectivity index (χ3v) is 4.31. The molecule has 0 bridgehead atoms. The predicted molar refractivity (Wildman–Crippen MR) is 85.1 cm³/mol. The molecule has 1 unspecified atom stereocenters. The second kappa shape index (κ2) is 5.80. The van der Waals surface area contributed by atoms with Gasteiger partial charge in [-0.1, -0.05) is 31.5 Å². The maximum atomic E-state index is 4.75. The maximum absolute atomic E-state index is 4.75. The SMILES string of the molecule is CCC1CCN(c2cc(CNC)nc3ccccc23)C1. The molecule has 0 amide bonds. The first-order valence-corrected chi connectivity index (χ1v) is 7.60. The van der Waals surface area contributed by atoms with E-state index >= 15 is 0 Å². The Hall–Kier alpha value is -1.61. The van der Waals surface area contributed by atoms with Crippen LogP contribution < -0.4 is 10.2 Å². The smallest absolute Gasteiger partial charge is 0.0726 e. The van der Waals surface area contributed by atoms with Gasteiger partial charge in [-0.15, -0.1) is 0 Å². The van der Waals surface area contributed by atoms with E-state index in [1.165, 1.54) is 37.0 Å². The quantitative estimate of drug-likeness (QED) is 0.924. The lowest BCUT2D eigenvalue weighted by molar-refractivity contribution is 0.569. The van der Waals surface area contributed by atoms with Gasteiger partial charge in [0.25, 0.3) is 0 Å². The monoisotopic (exact) mass is 269 g/mol. The van der Waals surface area contributed by atoms with Gasteiger partial charge in [0.2, 0.25) is 0 Å². The summed E-state index contributed by atoms with van der Waals surface area (Å²) in [5.74, 6) is 0.842. The Morgan fingerprint density at radius 2 is 2.20 bits per heavy atom. The average molecular weight is 269 g/mol. The number of rotatable bonds is 4. The van der Waals surface area contributed by atoms with Crippen molar-refractivity contribution in [2.45, 2.75) is 26.3 Å². The minimum absolute atomic E-state index is 0.822. The largest absolute Gasteiger partial charge is 0.371 e. The van der Waals surface area contributed by atoms with Crippen molar-refractivity contribution in [1.82, 2.24) is 10.3 Å². The highest BCUT2D eigenvalue weighted by Gasteiger charge is 2.23. The molecule has 1 N–H and O–H groups in total. The molecule has 1 aliphatic rings. The Labute approximate surface area is 121 Å². The first kappa shape index (κ1) is 13.4. The van der Waals surface area contributed by atoms with Gasteiger partial charge in [0.1, 0.15) is 0 Å². The molecule has 20 heavy (non-hydrogen) atoms. The topological polar surface area (TPSA) is 28.2 Å². The highest BCUT2D eigenvalue weighted by atomic mass is 15.2. The molecule has 3 heteroatoms. The molecule has 0 saturated carbocycles. The number of anilines is 1. The van der Waals surface area contributed by atoms with Gasteiger partial charge in [-0.3, -0.25) is 4.98 Å². The molecule has 1 aromatic carbocycles. The van der Waals surface area contributed by atoms with Crippen LogP contribution in [0, 0.1) is 5.92 Å². The Balaban J connectivity index is 2.03. The number of nitrogens with one attached hydrogen (secondary N) is 1. The van der Waals surface area contributed by atoms with Crippen LogP contribution in [0.2, 0.25) is 0 Å². The van der Waals surface area contributed by atoms with Crippen molar-refractivity contribution in [3.8, 4) is 0 Å². The van der Waals surface area contributed by atoms with E-state index in [2.05, 4.69) is 47.5 Å². The molecule has 0 aliphatic carbocycles. The predicted octanol–water partition coefficient (Wildman–Crippen LogP) is 3.19. The van der Waals surface area contributed by atoms with Crippen LogP contribution in [0.1, 0.15) is 25.5 Å². The van der Waals surface area contributed by atoms with Crippen molar-refractivity contribution < 1.29 is 0 Å². The lowest BCUT2D eigenvalue weighted by Crippen LogP contribution is -2.20. The summed E-state index contributed by atoms with van der Waals surface area (Å²) in [5.41, 5.74) is 3.59. The van der Waals surface area contributed by atoms with E-state index in [1.54, 1.807) is 0 Å². The Morgan fingerprint density at radius 1 is 1.35 bits per heavy atom. The number of hydrogen-bond acceptors (Lipinski definition) is 3. The van der Waals surface area contributed by atoms with Gasteiger partial charge in [0.15, 0.2) is 0 Å². The molecule has 0 spiro atoms. The van der Waals surface area contributed by atoms with Crippen molar-refractivity contribution in [2.75, 3.05) is 25.0 Å². The number of aromatic nitrogens is 1. The van der Waals surface area contributed by atoms with Crippen LogP contribution >= 0.6 is 0 Å². The van der Waals surface area contributed by atoms with Crippen LogP contribution in [0.3, 0.4) is 0 Å². The third kappa shape index (κ3) is 2.50. The zero-order valence-electron chi connectivity index (χ0n) is 12.4. The van der Waals surface area contributed by atoms with Crippen molar-refractivity contribution in [2.24, 2.45) is 5.92 Å². The van der Waals surface area contributed by atoms with Crippen LogP contribution in [0.4, 0.5) is 5.69 Å². The Bertz CT molecular complexity index is 594. The summed E-state index contributed by atoms with van der Waals surface area (Å²) in [5, 5.41) is 4.49. The summed E-state index contributed by atoms with van der Waals surface area (Å²) in [6.45, 7) is 5.48. The summed E-state index contributed by atoms with van der Waals surface area (Å²) < 4.78 is 0.